The van der Waals surface area contributed by atoms with Crippen LogP contribution in [0.1, 0.15) is 12.8 Å². The highest BCUT2D eigenvalue weighted by Gasteiger charge is 2.36. The van der Waals surface area contributed by atoms with Crippen molar-refractivity contribution in [3.63, 3.8) is 0 Å². The number of amides is 1. The van der Waals surface area contributed by atoms with E-state index in [1.165, 1.54) is 6.33 Å². The number of carbonyl (C=O) groups is 1. The largest absolute Gasteiger partial charge is 0.367 e. The van der Waals surface area contributed by atoms with Crippen molar-refractivity contribution in [1.29, 1.82) is 0 Å². The molecule has 0 aliphatic carbocycles. The Kier molecular flexibility index (Phi) is 3.97. The molecule has 1 atom stereocenters. The predicted molar refractivity (Wildman–Crippen MR) is 72.7 cm³/mol. The molecule has 0 spiro atoms. The molecule has 2 rings (SSSR count). The van der Waals surface area contributed by atoms with Gasteiger partial charge in [-0.3, -0.25) is 14.9 Å². The van der Waals surface area contributed by atoms with Crippen molar-refractivity contribution in [1.82, 2.24) is 15.3 Å². The average Bonchev–Trinajstić information content (AvgIpc) is 2.94. The van der Waals surface area contributed by atoms with Crippen molar-refractivity contribution >= 4 is 23.2 Å². The van der Waals surface area contributed by atoms with E-state index >= 15 is 0 Å². The lowest BCUT2D eigenvalue weighted by molar-refractivity contribution is -0.383. The Morgan fingerprint density at radius 1 is 1.50 bits per heavy atom. The van der Waals surface area contributed by atoms with Gasteiger partial charge in [0.2, 0.25) is 17.5 Å². The zero-order chi connectivity index (χ0) is 14.7. The van der Waals surface area contributed by atoms with E-state index in [0.717, 1.165) is 6.42 Å². The minimum Gasteiger partial charge on any atom is -0.367 e. The second kappa shape index (κ2) is 5.68. The number of aromatic nitrogens is 2. The molecular formula is C11H16N6O3. The van der Waals surface area contributed by atoms with Crippen molar-refractivity contribution in [3.8, 4) is 0 Å². The van der Waals surface area contributed by atoms with Crippen LogP contribution >= 0.6 is 0 Å². The number of carbonyl (C=O) groups excluding carboxylic acids is 1. The summed E-state index contributed by atoms with van der Waals surface area (Å²) in [7, 11) is 3.10. The Hall–Kier alpha value is -2.45. The molecule has 1 aromatic heterocycles. The lowest BCUT2D eigenvalue weighted by Crippen LogP contribution is -2.42. The summed E-state index contributed by atoms with van der Waals surface area (Å²) in [6, 6.07) is -0.432. The van der Waals surface area contributed by atoms with Crippen molar-refractivity contribution in [2.75, 3.05) is 30.9 Å². The van der Waals surface area contributed by atoms with Crippen LogP contribution in [-0.4, -0.2) is 47.5 Å². The molecule has 1 fully saturated rings. The maximum absolute atomic E-state index is 11.9. The number of hydrogen-bond acceptors (Lipinski definition) is 7. The fourth-order valence-corrected chi connectivity index (χ4v) is 2.39. The topological polar surface area (TPSA) is 113 Å². The molecule has 0 saturated carbocycles. The molecule has 1 aromatic rings. The number of nitro groups is 1. The third-order valence-electron chi connectivity index (χ3n) is 3.30. The standard InChI is InChI=1S/C11H16N6O3/c1-12-9-8(17(19)20)10(15-6-14-9)16-5-3-4-7(16)11(18)13-2/h6-7H,3-5H2,1-2H3,(H,13,18)(H,12,14,15). The van der Waals surface area contributed by atoms with Crippen LogP contribution in [0.4, 0.5) is 17.3 Å². The number of rotatable bonds is 4. The highest BCUT2D eigenvalue weighted by molar-refractivity contribution is 5.86. The van der Waals surface area contributed by atoms with Gasteiger partial charge in [0.25, 0.3) is 0 Å². The van der Waals surface area contributed by atoms with Gasteiger partial charge in [-0.2, -0.15) is 0 Å². The Morgan fingerprint density at radius 3 is 2.85 bits per heavy atom. The fraction of sp³-hybridized carbons (Fsp3) is 0.545. The summed E-state index contributed by atoms with van der Waals surface area (Å²) < 4.78 is 0. The summed E-state index contributed by atoms with van der Waals surface area (Å²) in [5.74, 6) is 0.157. The van der Waals surface area contributed by atoms with E-state index in [-0.39, 0.29) is 23.2 Å². The van der Waals surface area contributed by atoms with Gasteiger partial charge in [-0.1, -0.05) is 0 Å². The van der Waals surface area contributed by atoms with Gasteiger partial charge in [0.05, 0.1) is 4.92 Å². The molecule has 20 heavy (non-hydrogen) atoms. The summed E-state index contributed by atoms with van der Waals surface area (Å²) in [6.07, 6.45) is 2.69. The van der Waals surface area contributed by atoms with Crippen molar-refractivity contribution < 1.29 is 9.72 Å². The lowest BCUT2D eigenvalue weighted by atomic mass is 10.2. The summed E-state index contributed by atoms with van der Waals surface area (Å²) in [4.78, 5) is 32.1. The van der Waals surface area contributed by atoms with Crippen molar-refractivity contribution in [2.45, 2.75) is 18.9 Å². The smallest absolute Gasteiger partial charge is 0.353 e. The van der Waals surface area contributed by atoms with Crippen LogP contribution in [0.3, 0.4) is 0 Å². The number of nitrogens with one attached hydrogen (secondary N) is 2. The first-order valence-corrected chi connectivity index (χ1v) is 6.25. The zero-order valence-corrected chi connectivity index (χ0v) is 11.3. The van der Waals surface area contributed by atoms with Crippen LogP contribution < -0.4 is 15.5 Å². The quantitative estimate of drug-likeness (QED) is 0.595. The molecule has 108 valence electrons. The molecule has 1 amide bonds. The van der Waals surface area contributed by atoms with E-state index in [1.54, 1.807) is 19.0 Å². The fourth-order valence-electron chi connectivity index (χ4n) is 2.39. The van der Waals surface area contributed by atoms with Gasteiger partial charge in [0, 0.05) is 20.6 Å². The molecule has 1 aliphatic heterocycles. The van der Waals surface area contributed by atoms with Crippen LogP contribution in [0, 0.1) is 10.1 Å². The molecule has 9 heteroatoms. The summed E-state index contributed by atoms with van der Waals surface area (Å²) >= 11 is 0. The third kappa shape index (κ3) is 2.33. The Balaban J connectivity index is 2.46. The minimum atomic E-state index is -0.527. The van der Waals surface area contributed by atoms with Crippen LogP contribution in [0.5, 0.6) is 0 Å². The monoisotopic (exact) mass is 280 g/mol. The van der Waals surface area contributed by atoms with Gasteiger partial charge in [0.1, 0.15) is 12.4 Å². The molecule has 0 bridgehead atoms. The van der Waals surface area contributed by atoms with E-state index in [2.05, 4.69) is 20.6 Å². The van der Waals surface area contributed by atoms with Crippen LogP contribution in [0.2, 0.25) is 0 Å². The molecule has 9 nitrogen and oxygen atoms in total. The number of nitrogens with zero attached hydrogens (tertiary/aromatic N) is 4. The minimum absolute atomic E-state index is 0.141. The van der Waals surface area contributed by atoms with E-state index in [1.807, 2.05) is 0 Å². The molecule has 1 saturated heterocycles. The van der Waals surface area contributed by atoms with Crippen molar-refractivity contribution in [2.24, 2.45) is 0 Å². The van der Waals surface area contributed by atoms with Gasteiger partial charge in [0.15, 0.2) is 0 Å². The number of likely N-dealkylation sites (N-methyl/N-ethyl adjacent to an activating group) is 1. The summed E-state index contributed by atoms with van der Waals surface area (Å²) in [5.41, 5.74) is -0.203. The van der Waals surface area contributed by atoms with Crippen LogP contribution in [0.15, 0.2) is 6.33 Å². The first-order chi connectivity index (χ1) is 9.60. The summed E-state index contributed by atoms with van der Waals surface area (Å²) in [5, 5.41) is 16.5. The second-order valence-electron chi connectivity index (χ2n) is 4.37. The highest BCUT2D eigenvalue weighted by atomic mass is 16.6. The first kappa shape index (κ1) is 14.0. The van der Waals surface area contributed by atoms with Crippen molar-refractivity contribution in [3.05, 3.63) is 16.4 Å². The van der Waals surface area contributed by atoms with Gasteiger partial charge in [-0.15, -0.1) is 0 Å². The van der Waals surface area contributed by atoms with Gasteiger partial charge in [-0.05, 0) is 12.8 Å². The normalized spacial score (nSPS) is 17.9. The predicted octanol–water partition coefficient (Wildman–Crippen LogP) is 0.141. The number of anilines is 2. The average molecular weight is 280 g/mol. The van der Waals surface area contributed by atoms with Crippen LogP contribution in [0.25, 0.3) is 0 Å². The molecule has 2 N–H and O–H groups in total. The number of hydrogen-bond donors (Lipinski definition) is 2. The molecule has 1 unspecified atom stereocenters. The Morgan fingerprint density at radius 2 is 2.25 bits per heavy atom. The summed E-state index contributed by atoms with van der Waals surface area (Å²) in [6.45, 7) is 0.555. The van der Waals surface area contributed by atoms with Gasteiger partial charge < -0.3 is 15.5 Å². The molecule has 1 aliphatic rings. The van der Waals surface area contributed by atoms with E-state index < -0.39 is 11.0 Å². The van der Waals surface area contributed by atoms with Gasteiger partial charge >= 0.3 is 5.69 Å². The molecule has 0 aromatic carbocycles. The van der Waals surface area contributed by atoms with Crippen LogP contribution in [-0.2, 0) is 4.79 Å². The SMILES string of the molecule is CNC(=O)C1CCCN1c1ncnc(NC)c1[N+](=O)[O-]. The molecule has 2 heterocycles. The van der Waals surface area contributed by atoms with E-state index in [0.29, 0.717) is 13.0 Å². The maximum atomic E-state index is 11.9. The molecule has 0 radical (unpaired) electrons. The highest BCUT2D eigenvalue weighted by Crippen LogP contribution is 2.35. The lowest BCUT2D eigenvalue weighted by Gasteiger charge is -2.24. The Labute approximate surface area is 115 Å². The van der Waals surface area contributed by atoms with E-state index in [9.17, 15) is 14.9 Å². The first-order valence-electron chi connectivity index (χ1n) is 6.25. The Bertz CT molecular complexity index is 535. The second-order valence-corrected chi connectivity index (χ2v) is 4.37. The molecular weight excluding hydrogens is 264 g/mol. The van der Waals surface area contributed by atoms with Gasteiger partial charge in [-0.25, -0.2) is 9.97 Å². The zero-order valence-electron chi connectivity index (χ0n) is 11.3. The van der Waals surface area contributed by atoms with E-state index in [4.69, 9.17) is 0 Å². The third-order valence-corrected chi connectivity index (χ3v) is 3.30. The maximum Gasteiger partial charge on any atom is 0.353 e.